The Bertz CT molecular complexity index is 1230. The van der Waals surface area contributed by atoms with Gasteiger partial charge in [0.1, 0.15) is 11.8 Å². The van der Waals surface area contributed by atoms with Crippen LogP contribution in [-0.2, 0) is 29.7 Å². The van der Waals surface area contributed by atoms with Crippen LogP contribution in [0.15, 0.2) is 82.4 Å². The Kier molecular flexibility index (Phi) is 6.37. The third kappa shape index (κ3) is 4.29. The number of aromatic nitrogens is 1. The molecule has 0 aliphatic carbocycles. The molecular weight excluding hydrogens is 422 g/mol. The number of furan rings is 1. The number of thiol groups is 1. The van der Waals surface area contributed by atoms with Gasteiger partial charge in [0.15, 0.2) is 0 Å². The van der Waals surface area contributed by atoms with E-state index in [0.29, 0.717) is 22.9 Å². The van der Waals surface area contributed by atoms with Crippen molar-refractivity contribution >= 4 is 35.3 Å². The summed E-state index contributed by atoms with van der Waals surface area (Å²) < 4.78 is 7.41. The topological polar surface area (TPSA) is 67.5 Å². The number of aryl methyl sites for hydroxylation is 1. The van der Waals surface area contributed by atoms with Gasteiger partial charge < -0.3 is 19.2 Å². The van der Waals surface area contributed by atoms with Gasteiger partial charge in [-0.2, -0.15) is 0 Å². The first-order valence-electron chi connectivity index (χ1n) is 10.3. The normalized spacial score (nSPS) is 12.0. The van der Waals surface area contributed by atoms with Crippen molar-refractivity contribution in [2.24, 2.45) is 7.05 Å². The number of rotatable bonds is 7. The Morgan fingerprint density at radius 2 is 1.78 bits per heavy atom. The third-order valence-corrected chi connectivity index (χ3v) is 6.11. The highest BCUT2D eigenvalue weighted by atomic mass is 32.1. The minimum absolute atomic E-state index is 0.169. The van der Waals surface area contributed by atoms with Crippen molar-refractivity contribution in [2.45, 2.75) is 31.1 Å². The number of fused-ring (bicyclic) bond motifs is 1. The zero-order valence-corrected chi connectivity index (χ0v) is 18.9. The Hall–Kier alpha value is -3.45. The van der Waals surface area contributed by atoms with E-state index in [1.54, 1.807) is 18.4 Å². The fourth-order valence-corrected chi connectivity index (χ4v) is 4.29. The highest BCUT2D eigenvalue weighted by Crippen LogP contribution is 2.36. The van der Waals surface area contributed by atoms with Crippen molar-refractivity contribution in [2.75, 3.05) is 0 Å². The summed E-state index contributed by atoms with van der Waals surface area (Å²) in [6, 6.07) is 20.1. The van der Waals surface area contributed by atoms with Crippen molar-refractivity contribution in [3.8, 4) is 0 Å². The van der Waals surface area contributed by atoms with Crippen molar-refractivity contribution in [3.05, 3.63) is 89.9 Å². The molecule has 2 amide bonds. The van der Waals surface area contributed by atoms with Crippen LogP contribution in [0.4, 0.5) is 0 Å². The number of nitrogens with one attached hydrogen (secondary N) is 1. The molecular formula is C25H25N3O3S. The zero-order chi connectivity index (χ0) is 22.7. The molecule has 0 aliphatic rings. The highest BCUT2D eigenvalue weighted by Gasteiger charge is 2.34. The second-order valence-corrected chi connectivity index (χ2v) is 8.07. The number of hydrogen-bond donors (Lipinski definition) is 2. The minimum atomic E-state index is -0.875. The van der Waals surface area contributed by atoms with Crippen molar-refractivity contribution in [1.29, 1.82) is 0 Å². The van der Waals surface area contributed by atoms with Gasteiger partial charge in [0.05, 0.1) is 17.8 Å². The van der Waals surface area contributed by atoms with Crippen molar-refractivity contribution < 1.29 is 14.0 Å². The van der Waals surface area contributed by atoms with Crippen LogP contribution in [-0.4, -0.2) is 21.3 Å². The molecule has 6 nitrogen and oxygen atoms in total. The van der Waals surface area contributed by atoms with Gasteiger partial charge in [-0.15, -0.1) is 12.6 Å². The smallest absolute Gasteiger partial charge is 0.247 e. The molecule has 0 spiro atoms. The predicted octanol–water partition coefficient (Wildman–Crippen LogP) is 4.47. The first-order valence-corrected chi connectivity index (χ1v) is 10.8. The molecule has 0 radical (unpaired) electrons. The number of benzene rings is 2. The number of nitrogens with zero attached hydrogens (tertiary/aromatic N) is 2. The lowest BCUT2D eigenvalue weighted by atomic mass is 10.0. The summed E-state index contributed by atoms with van der Waals surface area (Å²) in [5, 5.41) is 4.52. The molecule has 2 heterocycles. The second-order valence-electron chi connectivity index (χ2n) is 7.65. The summed E-state index contributed by atoms with van der Waals surface area (Å²) in [5.41, 5.74) is 2.61. The molecule has 1 atom stereocenters. The molecule has 0 saturated carbocycles. The molecule has 2 aromatic heterocycles. The van der Waals surface area contributed by atoms with Gasteiger partial charge in [0, 0.05) is 37.0 Å². The van der Waals surface area contributed by atoms with E-state index in [-0.39, 0.29) is 18.4 Å². The molecule has 1 N–H and O–H groups in total. The summed E-state index contributed by atoms with van der Waals surface area (Å²) in [6.45, 7) is 1.99. The largest absolute Gasteiger partial charge is 0.467 e. The molecule has 0 aliphatic heterocycles. The average molecular weight is 448 g/mol. The van der Waals surface area contributed by atoms with Gasteiger partial charge in [-0.25, -0.2) is 0 Å². The summed E-state index contributed by atoms with van der Waals surface area (Å²) in [4.78, 5) is 27.9. The molecule has 0 bridgehead atoms. The maximum absolute atomic E-state index is 13.6. The van der Waals surface area contributed by atoms with Gasteiger partial charge in [0.2, 0.25) is 11.8 Å². The summed E-state index contributed by atoms with van der Waals surface area (Å²) >= 11 is 4.74. The van der Waals surface area contributed by atoms with E-state index in [0.717, 1.165) is 16.5 Å². The van der Waals surface area contributed by atoms with Crippen LogP contribution in [0, 0.1) is 0 Å². The van der Waals surface area contributed by atoms with Gasteiger partial charge in [-0.3, -0.25) is 9.59 Å². The fraction of sp³-hybridized carbons (Fsp3) is 0.200. The summed E-state index contributed by atoms with van der Waals surface area (Å²) in [7, 11) is 1.90. The number of carbonyl (C=O) groups excluding carboxylic acids is 2. The van der Waals surface area contributed by atoms with E-state index in [9.17, 15) is 9.59 Å². The lowest BCUT2D eigenvalue weighted by molar-refractivity contribution is -0.140. The summed E-state index contributed by atoms with van der Waals surface area (Å²) in [6.07, 6.45) is 1.56. The van der Waals surface area contributed by atoms with Crippen LogP contribution in [0.25, 0.3) is 10.9 Å². The van der Waals surface area contributed by atoms with Crippen molar-refractivity contribution in [3.63, 3.8) is 0 Å². The Morgan fingerprint density at radius 1 is 1.06 bits per heavy atom. The van der Waals surface area contributed by atoms with Crippen LogP contribution in [0.3, 0.4) is 0 Å². The van der Waals surface area contributed by atoms with Gasteiger partial charge in [-0.05, 0) is 23.8 Å². The monoisotopic (exact) mass is 447 g/mol. The van der Waals surface area contributed by atoms with Gasteiger partial charge >= 0.3 is 0 Å². The van der Waals surface area contributed by atoms with Crippen LogP contribution >= 0.6 is 12.6 Å². The van der Waals surface area contributed by atoms with Crippen LogP contribution < -0.4 is 5.32 Å². The first kappa shape index (κ1) is 21.8. The molecule has 4 aromatic rings. The Labute approximate surface area is 192 Å². The van der Waals surface area contributed by atoms with E-state index in [4.69, 9.17) is 17.0 Å². The third-order valence-electron chi connectivity index (χ3n) is 5.57. The van der Waals surface area contributed by atoms with Crippen LogP contribution in [0.2, 0.25) is 0 Å². The maximum Gasteiger partial charge on any atom is 0.247 e. The molecule has 0 saturated heterocycles. The van der Waals surface area contributed by atoms with E-state index < -0.39 is 6.04 Å². The standard InChI is InChI=1S/C25H25N3O3S/c1-17(29)28(16-19-11-8-14-31-19)23(24(30)26-15-18-9-4-3-5-10-18)22-20-12-6-7-13-21(20)27(2)25(22)32/h3-14,23,32H,15-16H2,1-2H3,(H,26,30). The second kappa shape index (κ2) is 9.36. The predicted molar refractivity (Wildman–Crippen MR) is 126 cm³/mol. The summed E-state index contributed by atoms with van der Waals surface area (Å²) in [5.74, 6) is 0.0891. The van der Waals surface area contributed by atoms with E-state index >= 15 is 0 Å². The SMILES string of the molecule is CC(=O)N(Cc1ccco1)C(C(=O)NCc1ccccc1)c1c(S)n(C)c2ccccc12. The lowest BCUT2D eigenvalue weighted by Crippen LogP contribution is -2.42. The number of para-hydroxylation sites is 1. The number of carbonyl (C=O) groups is 2. The van der Waals surface area contributed by atoms with Crippen molar-refractivity contribution in [1.82, 2.24) is 14.8 Å². The van der Waals surface area contributed by atoms with Gasteiger partial charge in [0.25, 0.3) is 0 Å². The van der Waals surface area contributed by atoms with Crippen LogP contribution in [0.1, 0.15) is 29.9 Å². The zero-order valence-electron chi connectivity index (χ0n) is 18.0. The highest BCUT2D eigenvalue weighted by molar-refractivity contribution is 7.80. The van der Waals surface area contributed by atoms with E-state index in [1.165, 1.54) is 11.8 Å². The van der Waals surface area contributed by atoms with Crippen LogP contribution in [0.5, 0.6) is 0 Å². The quantitative estimate of drug-likeness (QED) is 0.411. The number of hydrogen-bond acceptors (Lipinski definition) is 4. The first-order chi connectivity index (χ1) is 15.5. The molecule has 32 heavy (non-hydrogen) atoms. The molecule has 2 aromatic carbocycles. The lowest BCUT2D eigenvalue weighted by Gasteiger charge is -2.30. The Balaban J connectivity index is 1.78. The van der Waals surface area contributed by atoms with Gasteiger partial charge in [-0.1, -0.05) is 48.5 Å². The maximum atomic E-state index is 13.6. The molecule has 1 unspecified atom stereocenters. The molecule has 0 fully saturated rings. The minimum Gasteiger partial charge on any atom is -0.467 e. The molecule has 164 valence electrons. The number of amides is 2. The molecule has 4 rings (SSSR count). The van der Waals surface area contributed by atoms with E-state index in [2.05, 4.69) is 5.32 Å². The van der Waals surface area contributed by atoms with E-state index in [1.807, 2.05) is 66.2 Å². The molecule has 7 heteroatoms. The Morgan fingerprint density at radius 3 is 2.47 bits per heavy atom. The average Bonchev–Trinajstić information content (AvgIpc) is 3.40. The fourth-order valence-electron chi connectivity index (χ4n) is 3.94.